The van der Waals surface area contributed by atoms with Crippen molar-refractivity contribution >= 4 is 11.4 Å². The fourth-order valence-corrected chi connectivity index (χ4v) is 1.97. The van der Waals surface area contributed by atoms with Gasteiger partial charge in [-0.05, 0) is 31.4 Å². The lowest BCUT2D eigenvalue weighted by molar-refractivity contribution is 0.415. The fourth-order valence-electron chi connectivity index (χ4n) is 1.97. The molecule has 3 heteroatoms. The molecule has 0 radical (unpaired) electrons. The van der Waals surface area contributed by atoms with E-state index in [0.29, 0.717) is 6.04 Å². The summed E-state index contributed by atoms with van der Waals surface area (Å²) < 4.78 is 5.14. The maximum Gasteiger partial charge on any atom is 0.121 e. The van der Waals surface area contributed by atoms with Crippen LogP contribution in [0.15, 0.2) is 18.2 Å². The lowest BCUT2D eigenvalue weighted by atomic mass is 10.0. The highest BCUT2D eigenvalue weighted by Gasteiger charge is 2.06. The summed E-state index contributed by atoms with van der Waals surface area (Å²) in [5.41, 5.74) is 7.71. The van der Waals surface area contributed by atoms with Gasteiger partial charge in [0.2, 0.25) is 0 Å². The van der Waals surface area contributed by atoms with Crippen LogP contribution in [-0.2, 0) is 0 Å². The van der Waals surface area contributed by atoms with Crippen LogP contribution in [0, 0.1) is 5.92 Å². The summed E-state index contributed by atoms with van der Waals surface area (Å²) in [6.45, 7) is 6.73. The van der Waals surface area contributed by atoms with Crippen molar-refractivity contribution in [3.8, 4) is 5.75 Å². The normalized spacial score (nSPS) is 12.5. The highest BCUT2D eigenvalue weighted by atomic mass is 16.5. The monoisotopic (exact) mass is 250 g/mol. The van der Waals surface area contributed by atoms with Crippen molar-refractivity contribution in [1.29, 1.82) is 0 Å². The van der Waals surface area contributed by atoms with E-state index >= 15 is 0 Å². The second kappa shape index (κ2) is 7.14. The van der Waals surface area contributed by atoms with Gasteiger partial charge in [-0.15, -0.1) is 0 Å². The van der Waals surface area contributed by atoms with Crippen LogP contribution in [0.1, 0.15) is 40.0 Å². The highest BCUT2D eigenvalue weighted by Crippen LogP contribution is 2.25. The Hall–Kier alpha value is -1.38. The Kier molecular flexibility index (Phi) is 5.83. The third-order valence-electron chi connectivity index (χ3n) is 3.08. The zero-order valence-electron chi connectivity index (χ0n) is 12.0. The number of ether oxygens (including phenoxy) is 1. The maximum absolute atomic E-state index is 5.98. The SMILES string of the molecule is COc1ccc(NC(C)CCCC(C)C)c(N)c1. The van der Waals surface area contributed by atoms with E-state index in [1.54, 1.807) is 7.11 Å². The molecule has 1 rings (SSSR count). The van der Waals surface area contributed by atoms with E-state index < -0.39 is 0 Å². The minimum absolute atomic E-state index is 0.444. The Morgan fingerprint density at radius 2 is 1.94 bits per heavy atom. The standard InChI is InChI=1S/C15H26N2O/c1-11(2)6-5-7-12(3)17-15-9-8-13(18-4)10-14(15)16/h8-12,17H,5-7,16H2,1-4H3. The summed E-state index contributed by atoms with van der Waals surface area (Å²) in [7, 11) is 1.65. The lowest BCUT2D eigenvalue weighted by Gasteiger charge is -2.17. The number of nitrogens with two attached hydrogens (primary N) is 1. The molecule has 0 spiro atoms. The molecule has 1 atom stereocenters. The van der Waals surface area contributed by atoms with Crippen LogP contribution in [-0.4, -0.2) is 13.2 Å². The molecule has 0 aliphatic heterocycles. The molecule has 0 fully saturated rings. The molecule has 1 aromatic carbocycles. The highest BCUT2D eigenvalue weighted by molar-refractivity contribution is 5.68. The van der Waals surface area contributed by atoms with E-state index in [0.717, 1.165) is 23.0 Å². The summed E-state index contributed by atoms with van der Waals surface area (Å²) in [5, 5.41) is 3.45. The van der Waals surface area contributed by atoms with Gasteiger partial charge in [-0.2, -0.15) is 0 Å². The van der Waals surface area contributed by atoms with Gasteiger partial charge >= 0.3 is 0 Å². The third-order valence-corrected chi connectivity index (χ3v) is 3.08. The smallest absolute Gasteiger partial charge is 0.121 e. The molecule has 18 heavy (non-hydrogen) atoms. The van der Waals surface area contributed by atoms with Gasteiger partial charge in [0, 0.05) is 12.1 Å². The molecule has 3 N–H and O–H groups in total. The van der Waals surface area contributed by atoms with E-state index in [2.05, 4.69) is 26.1 Å². The van der Waals surface area contributed by atoms with Crippen LogP contribution in [0.25, 0.3) is 0 Å². The minimum atomic E-state index is 0.444. The molecule has 0 saturated carbocycles. The van der Waals surface area contributed by atoms with Crippen molar-refractivity contribution in [2.24, 2.45) is 5.92 Å². The van der Waals surface area contributed by atoms with Crippen molar-refractivity contribution < 1.29 is 4.74 Å². The zero-order valence-corrected chi connectivity index (χ0v) is 12.0. The molecule has 1 aromatic rings. The zero-order chi connectivity index (χ0) is 13.5. The number of hydrogen-bond donors (Lipinski definition) is 2. The molecule has 0 heterocycles. The summed E-state index contributed by atoms with van der Waals surface area (Å²) in [5.74, 6) is 1.58. The van der Waals surface area contributed by atoms with Crippen LogP contribution in [0.3, 0.4) is 0 Å². The van der Waals surface area contributed by atoms with Crippen LogP contribution in [0.4, 0.5) is 11.4 Å². The topological polar surface area (TPSA) is 47.3 Å². The van der Waals surface area contributed by atoms with Crippen molar-refractivity contribution in [3.05, 3.63) is 18.2 Å². The van der Waals surface area contributed by atoms with E-state index in [1.807, 2.05) is 18.2 Å². The number of benzene rings is 1. The summed E-state index contributed by atoms with van der Waals surface area (Å²) >= 11 is 0. The van der Waals surface area contributed by atoms with Crippen LogP contribution in [0.2, 0.25) is 0 Å². The maximum atomic E-state index is 5.98. The van der Waals surface area contributed by atoms with Crippen molar-refractivity contribution in [2.75, 3.05) is 18.2 Å². The number of nitrogens with one attached hydrogen (secondary N) is 1. The van der Waals surface area contributed by atoms with E-state index in [9.17, 15) is 0 Å². The Bertz CT molecular complexity index is 364. The molecular weight excluding hydrogens is 224 g/mol. The second-order valence-electron chi connectivity index (χ2n) is 5.32. The number of nitrogen functional groups attached to an aromatic ring is 1. The van der Waals surface area contributed by atoms with E-state index in [4.69, 9.17) is 10.5 Å². The minimum Gasteiger partial charge on any atom is -0.497 e. The van der Waals surface area contributed by atoms with Crippen molar-refractivity contribution in [1.82, 2.24) is 0 Å². The van der Waals surface area contributed by atoms with Gasteiger partial charge in [-0.3, -0.25) is 0 Å². The molecule has 0 bridgehead atoms. The Balaban J connectivity index is 2.46. The first-order chi connectivity index (χ1) is 8.52. The predicted octanol–water partition coefficient (Wildman–Crippen LogP) is 3.90. The van der Waals surface area contributed by atoms with Gasteiger partial charge in [-0.1, -0.05) is 26.7 Å². The summed E-state index contributed by atoms with van der Waals surface area (Å²) in [6, 6.07) is 6.20. The molecule has 0 amide bonds. The van der Waals surface area contributed by atoms with E-state index in [1.165, 1.54) is 19.3 Å². The second-order valence-corrected chi connectivity index (χ2v) is 5.32. The van der Waals surface area contributed by atoms with Crippen LogP contribution >= 0.6 is 0 Å². The average molecular weight is 250 g/mol. The molecule has 1 unspecified atom stereocenters. The molecule has 3 nitrogen and oxygen atoms in total. The summed E-state index contributed by atoms with van der Waals surface area (Å²) in [6.07, 6.45) is 3.70. The molecular formula is C15H26N2O. The predicted molar refractivity (Wildman–Crippen MR) is 79.2 cm³/mol. The largest absolute Gasteiger partial charge is 0.497 e. The number of hydrogen-bond acceptors (Lipinski definition) is 3. The number of anilines is 2. The number of methoxy groups -OCH3 is 1. The molecule has 0 saturated heterocycles. The van der Waals surface area contributed by atoms with Crippen molar-refractivity contribution in [3.63, 3.8) is 0 Å². The van der Waals surface area contributed by atoms with Gasteiger partial charge in [0.25, 0.3) is 0 Å². The Morgan fingerprint density at radius 1 is 1.22 bits per heavy atom. The first-order valence-electron chi connectivity index (χ1n) is 6.73. The quantitative estimate of drug-likeness (QED) is 0.721. The van der Waals surface area contributed by atoms with Crippen molar-refractivity contribution in [2.45, 2.75) is 46.1 Å². The third kappa shape index (κ3) is 4.86. The van der Waals surface area contributed by atoms with Gasteiger partial charge in [0.15, 0.2) is 0 Å². The molecule has 102 valence electrons. The average Bonchev–Trinajstić information content (AvgIpc) is 2.31. The number of rotatable bonds is 7. The molecule has 0 aliphatic carbocycles. The Morgan fingerprint density at radius 3 is 2.50 bits per heavy atom. The Labute approximate surface area is 111 Å². The van der Waals surface area contributed by atoms with Gasteiger partial charge < -0.3 is 15.8 Å². The van der Waals surface area contributed by atoms with Gasteiger partial charge in [0.1, 0.15) is 5.75 Å². The molecule has 0 aromatic heterocycles. The van der Waals surface area contributed by atoms with E-state index in [-0.39, 0.29) is 0 Å². The van der Waals surface area contributed by atoms with Crippen LogP contribution in [0.5, 0.6) is 5.75 Å². The fraction of sp³-hybridized carbons (Fsp3) is 0.600. The first-order valence-corrected chi connectivity index (χ1v) is 6.73. The van der Waals surface area contributed by atoms with Gasteiger partial charge in [0.05, 0.1) is 18.5 Å². The molecule has 0 aliphatic rings. The van der Waals surface area contributed by atoms with Crippen LogP contribution < -0.4 is 15.8 Å². The van der Waals surface area contributed by atoms with Gasteiger partial charge in [-0.25, -0.2) is 0 Å². The summed E-state index contributed by atoms with van der Waals surface area (Å²) in [4.78, 5) is 0. The first kappa shape index (κ1) is 14.7. The lowest BCUT2D eigenvalue weighted by Crippen LogP contribution is -2.16.